The second-order valence-corrected chi connectivity index (χ2v) is 7.89. The van der Waals surface area contributed by atoms with E-state index in [0.717, 1.165) is 12.7 Å². The van der Waals surface area contributed by atoms with Gasteiger partial charge in [0.05, 0.1) is 11.3 Å². The molecule has 1 aromatic rings. The maximum Gasteiger partial charge on any atom is 0.244 e. The number of rotatable bonds is 8. The SMILES string of the molecule is CCCC(C)(N)C(=O)Nc1cccc(OCCS(C)(=O)=O)c1. The molecule has 7 heteroatoms. The Morgan fingerprint density at radius 1 is 1.41 bits per heavy atom. The summed E-state index contributed by atoms with van der Waals surface area (Å²) in [6.45, 7) is 3.73. The number of benzene rings is 1. The number of ether oxygens (including phenoxy) is 1. The number of nitrogens with two attached hydrogens (primary N) is 1. The van der Waals surface area contributed by atoms with Crippen molar-refractivity contribution < 1.29 is 17.9 Å². The second-order valence-electron chi connectivity index (χ2n) is 5.63. The van der Waals surface area contributed by atoms with Crippen molar-refractivity contribution in [1.29, 1.82) is 0 Å². The van der Waals surface area contributed by atoms with E-state index < -0.39 is 15.4 Å². The van der Waals surface area contributed by atoms with Crippen molar-refractivity contribution in [1.82, 2.24) is 0 Å². The minimum absolute atomic E-state index is 0.0546. The molecule has 6 nitrogen and oxygen atoms in total. The van der Waals surface area contributed by atoms with E-state index in [0.29, 0.717) is 17.9 Å². The fourth-order valence-corrected chi connectivity index (χ4v) is 2.27. The van der Waals surface area contributed by atoms with Crippen LogP contribution in [-0.2, 0) is 14.6 Å². The molecule has 1 amide bonds. The summed E-state index contributed by atoms with van der Waals surface area (Å²) >= 11 is 0. The van der Waals surface area contributed by atoms with Crippen LogP contribution in [0.5, 0.6) is 5.75 Å². The van der Waals surface area contributed by atoms with Gasteiger partial charge in [0, 0.05) is 18.0 Å². The predicted octanol–water partition coefficient (Wildman–Crippen LogP) is 1.57. The van der Waals surface area contributed by atoms with Crippen LogP contribution in [0.3, 0.4) is 0 Å². The Balaban J connectivity index is 2.66. The average molecular weight is 328 g/mol. The van der Waals surface area contributed by atoms with E-state index >= 15 is 0 Å². The molecule has 1 rings (SSSR count). The Hall–Kier alpha value is -1.60. The van der Waals surface area contributed by atoms with Crippen molar-refractivity contribution in [2.45, 2.75) is 32.2 Å². The Morgan fingerprint density at radius 2 is 2.09 bits per heavy atom. The van der Waals surface area contributed by atoms with Crippen molar-refractivity contribution in [3.8, 4) is 5.75 Å². The van der Waals surface area contributed by atoms with E-state index in [4.69, 9.17) is 10.5 Å². The first kappa shape index (κ1) is 18.4. The number of amides is 1. The molecule has 1 atom stereocenters. The van der Waals surface area contributed by atoms with E-state index in [1.54, 1.807) is 31.2 Å². The fourth-order valence-electron chi connectivity index (χ4n) is 1.88. The third-order valence-electron chi connectivity index (χ3n) is 3.10. The number of sulfone groups is 1. The highest BCUT2D eigenvalue weighted by Crippen LogP contribution is 2.19. The van der Waals surface area contributed by atoms with Gasteiger partial charge >= 0.3 is 0 Å². The van der Waals surface area contributed by atoms with Gasteiger partial charge in [0.2, 0.25) is 5.91 Å². The lowest BCUT2D eigenvalue weighted by atomic mass is 9.96. The molecule has 0 radical (unpaired) electrons. The number of hydrogen-bond donors (Lipinski definition) is 2. The number of anilines is 1. The fraction of sp³-hybridized carbons (Fsp3) is 0.533. The van der Waals surface area contributed by atoms with Gasteiger partial charge in [-0.3, -0.25) is 4.79 Å². The highest BCUT2D eigenvalue weighted by Gasteiger charge is 2.27. The highest BCUT2D eigenvalue weighted by molar-refractivity contribution is 7.90. The lowest BCUT2D eigenvalue weighted by Gasteiger charge is -2.23. The average Bonchev–Trinajstić information content (AvgIpc) is 2.37. The summed E-state index contributed by atoms with van der Waals surface area (Å²) in [5.41, 5.74) is 5.61. The van der Waals surface area contributed by atoms with Gasteiger partial charge in [-0.2, -0.15) is 0 Å². The zero-order chi connectivity index (χ0) is 16.8. The number of hydrogen-bond acceptors (Lipinski definition) is 5. The lowest BCUT2D eigenvalue weighted by Crippen LogP contribution is -2.48. The van der Waals surface area contributed by atoms with E-state index in [2.05, 4.69) is 5.32 Å². The van der Waals surface area contributed by atoms with Crippen LogP contribution in [0.15, 0.2) is 24.3 Å². The molecule has 0 spiro atoms. The molecule has 0 aromatic heterocycles. The van der Waals surface area contributed by atoms with Gasteiger partial charge in [-0.15, -0.1) is 0 Å². The van der Waals surface area contributed by atoms with Crippen LogP contribution < -0.4 is 15.8 Å². The van der Waals surface area contributed by atoms with Gasteiger partial charge in [0.15, 0.2) is 9.84 Å². The summed E-state index contributed by atoms with van der Waals surface area (Å²) in [7, 11) is -3.06. The van der Waals surface area contributed by atoms with E-state index in [1.807, 2.05) is 6.92 Å². The van der Waals surface area contributed by atoms with E-state index in [9.17, 15) is 13.2 Å². The van der Waals surface area contributed by atoms with Gasteiger partial charge in [-0.05, 0) is 25.5 Å². The molecule has 0 bridgehead atoms. The summed E-state index contributed by atoms with van der Waals surface area (Å²) in [4.78, 5) is 12.1. The molecule has 1 aromatic carbocycles. The normalized spacial score (nSPS) is 14.2. The molecular formula is C15H24N2O4S. The van der Waals surface area contributed by atoms with Crippen molar-refractivity contribution >= 4 is 21.4 Å². The van der Waals surface area contributed by atoms with Gasteiger partial charge < -0.3 is 15.8 Å². The predicted molar refractivity (Wildman–Crippen MR) is 87.8 cm³/mol. The quantitative estimate of drug-likeness (QED) is 0.754. The zero-order valence-corrected chi connectivity index (χ0v) is 14.1. The molecule has 0 fully saturated rings. The summed E-state index contributed by atoms with van der Waals surface area (Å²) in [5, 5.41) is 2.75. The van der Waals surface area contributed by atoms with Gasteiger partial charge in [0.1, 0.15) is 12.4 Å². The van der Waals surface area contributed by atoms with Crippen LogP contribution in [0, 0.1) is 0 Å². The summed E-state index contributed by atoms with van der Waals surface area (Å²) < 4.78 is 27.5. The standard InChI is InChI=1S/C15H24N2O4S/c1-4-8-15(2,16)14(18)17-12-6-5-7-13(11-12)21-9-10-22(3,19)20/h5-7,11H,4,8-10,16H2,1-3H3,(H,17,18). The van der Waals surface area contributed by atoms with Crippen molar-refractivity contribution in [3.05, 3.63) is 24.3 Å². The van der Waals surface area contributed by atoms with E-state index in [1.165, 1.54) is 0 Å². The Bertz CT molecular complexity index is 612. The summed E-state index contributed by atoms with van der Waals surface area (Å²) in [6.07, 6.45) is 2.56. The Kier molecular flexibility index (Phi) is 6.37. The molecule has 0 heterocycles. The van der Waals surface area contributed by atoms with Gasteiger partial charge in [-0.25, -0.2) is 8.42 Å². The van der Waals surface area contributed by atoms with Gasteiger partial charge in [0.25, 0.3) is 0 Å². The summed E-state index contributed by atoms with van der Waals surface area (Å²) in [5.74, 6) is 0.180. The van der Waals surface area contributed by atoms with Crippen LogP contribution >= 0.6 is 0 Å². The lowest BCUT2D eigenvalue weighted by molar-refractivity contribution is -0.120. The molecule has 0 aliphatic rings. The monoisotopic (exact) mass is 328 g/mol. The molecule has 0 aliphatic heterocycles. The van der Waals surface area contributed by atoms with Gasteiger partial charge in [-0.1, -0.05) is 19.4 Å². The van der Waals surface area contributed by atoms with E-state index in [-0.39, 0.29) is 18.3 Å². The Labute approximate surface area is 132 Å². The highest BCUT2D eigenvalue weighted by atomic mass is 32.2. The number of nitrogens with one attached hydrogen (secondary N) is 1. The Morgan fingerprint density at radius 3 is 2.68 bits per heavy atom. The van der Waals surface area contributed by atoms with Crippen LogP contribution in [0.25, 0.3) is 0 Å². The van der Waals surface area contributed by atoms with Crippen LogP contribution in [0.4, 0.5) is 5.69 Å². The topological polar surface area (TPSA) is 98.5 Å². The minimum Gasteiger partial charge on any atom is -0.492 e. The maximum absolute atomic E-state index is 12.1. The first-order valence-corrected chi connectivity index (χ1v) is 9.21. The number of carbonyl (C=O) groups excluding carboxylic acids is 1. The molecule has 3 N–H and O–H groups in total. The molecular weight excluding hydrogens is 304 g/mol. The number of carbonyl (C=O) groups is 1. The zero-order valence-electron chi connectivity index (χ0n) is 13.3. The largest absolute Gasteiger partial charge is 0.492 e. The van der Waals surface area contributed by atoms with Crippen LogP contribution in [0.1, 0.15) is 26.7 Å². The smallest absolute Gasteiger partial charge is 0.244 e. The van der Waals surface area contributed by atoms with Crippen molar-refractivity contribution in [3.63, 3.8) is 0 Å². The molecule has 124 valence electrons. The molecule has 1 unspecified atom stereocenters. The van der Waals surface area contributed by atoms with Crippen molar-refractivity contribution in [2.24, 2.45) is 5.73 Å². The molecule has 22 heavy (non-hydrogen) atoms. The van der Waals surface area contributed by atoms with Crippen molar-refractivity contribution in [2.75, 3.05) is 23.9 Å². The minimum atomic E-state index is -3.06. The van der Waals surface area contributed by atoms with Crippen LogP contribution in [-0.4, -0.2) is 38.5 Å². The molecule has 0 saturated carbocycles. The second kappa shape index (κ2) is 7.60. The third kappa shape index (κ3) is 6.44. The maximum atomic E-state index is 12.1. The molecule has 0 aliphatic carbocycles. The summed E-state index contributed by atoms with van der Waals surface area (Å²) in [6, 6.07) is 6.79. The first-order chi connectivity index (χ1) is 10.1. The molecule has 0 saturated heterocycles. The first-order valence-electron chi connectivity index (χ1n) is 7.15. The van der Waals surface area contributed by atoms with Crippen LogP contribution in [0.2, 0.25) is 0 Å². The third-order valence-corrected chi connectivity index (χ3v) is 4.01.